The number of aromatic nitrogens is 1. The summed E-state index contributed by atoms with van der Waals surface area (Å²) in [4.78, 5) is 26.3. The molecule has 1 aromatic heterocycles. The van der Waals surface area contributed by atoms with E-state index < -0.39 is 10.8 Å². The SMILES string of the molecule is CCC1CC1NC(=O)c1cc(NC)ncc1[N+](=O)[O-]. The molecule has 2 unspecified atom stereocenters. The maximum absolute atomic E-state index is 12.1. The third-order valence-corrected chi connectivity index (χ3v) is 3.34. The van der Waals surface area contributed by atoms with Crippen molar-refractivity contribution in [2.45, 2.75) is 25.8 Å². The van der Waals surface area contributed by atoms with Crippen molar-refractivity contribution in [3.63, 3.8) is 0 Å². The summed E-state index contributed by atoms with van der Waals surface area (Å²) < 4.78 is 0. The summed E-state index contributed by atoms with van der Waals surface area (Å²) in [6.07, 6.45) is 3.05. The van der Waals surface area contributed by atoms with E-state index in [0.29, 0.717) is 11.7 Å². The highest BCUT2D eigenvalue weighted by molar-refractivity contribution is 5.99. The Morgan fingerprint density at radius 3 is 2.89 bits per heavy atom. The molecule has 2 rings (SSSR count). The maximum atomic E-state index is 12.1. The van der Waals surface area contributed by atoms with Crippen molar-refractivity contribution in [1.29, 1.82) is 0 Å². The number of hydrogen-bond acceptors (Lipinski definition) is 5. The lowest BCUT2D eigenvalue weighted by molar-refractivity contribution is -0.385. The van der Waals surface area contributed by atoms with Gasteiger partial charge in [-0.1, -0.05) is 13.3 Å². The Morgan fingerprint density at radius 1 is 1.63 bits per heavy atom. The molecule has 2 N–H and O–H groups in total. The molecule has 1 aliphatic carbocycles. The third kappa shape index (κ3) is 2.81. The molecule has 0 aromatic carbocycles. The average Bonchev–Trinajstić information content (AvgIpc) is 3.16. The summed E-state index contributed by atoms with van der Waals surface area (Å²) in [6, 6.07) is 1.54. The van der Waals surface area contributed by atoms with E-state index in [0.717, 1.165) is 19.0 Å². The van der Waals surface area contributed by atoms with Crippen molar-refractivity contribution in [2.24, 2.45) is 5.92 Å². The van der Waals surface area contributed by atoms with Gasteiger partial charge in [-0.2, -0.15) is 0 Å². The maximum Gasteiger partial charge on any atom is 0.300 e. The molecule has 19 heavy (non-hydrogen) atoms. The van der Waals surface area contributed by atoms with Gasteiger partial charge in [-0.15, -0.1) is 0 Å². The van der Waals surface area contributed by atoms with Gasteiger partial charge < -0.3 is 10.6 Å². The van der Waals surface area contributed by atoms with Gasteiger partial charge in [-0.3, -0.25) is 14.9 Å². The number of nitro groups is 1. The summed E-state index contributed by atoms with van der Waals surface area (Å²) in [5.41, 5.74) is -0.226. The normalized spacial score (nSPS) is 20.7. The Kier molecular flexibility index (Phi) is 3.64. The quantitative estimate of drug-likeness (QED) is 0.621. The molecule has 0 aliphatic heterocycles. The highest BCUT2D eigenvalue weighted by Crippen LogP contribution is 2.33. The Bertz CT molecular complexity index is 518. The van der Waals surface area contributed by atoms with Crippen LogP contribution in [0.5, 0.6) is 0 Å². The molecule has 0 spiro atoms. The monoisotopic (exact) mass is 264 g/mol. The van der Waals surface area contributed by atoms with Gasteiger partial charge in [-0.05, 0) is 12.3 Å². The van der Waals surface area contributed by atoms with E-state index in [9.17, 15) is 14.9 Å². The largest absolute Gasteiger partial charge is 0.373 e. The molecule has 1 aromatic rings. The Balaban J connectivity index is 2.21. The Morgan fingerprint density at radius 2 is 2.37 bits per heavy atom. The average molecular weight is 264 g/mol. The minimum atomic E-state index is -0.592. The van der Waals surface area contributed by atoms with Crippen LogP contribution in [0.1, 0.15) is 30.1 Å². The van der Waals surface area contributed by atoms with E-state index in [1.807, 2.05) is 0 Å². The molecule has 7 heteroatoms. The summed E-state index contributed by atoms with van der Waals surface area (Å²) >= 11 is 0. The number of nitrogens with one attached hydrogen (secondary N) is 2. The van der Waals surface area contributed by atoms with Gasteiger partial charge in [0.1, 0.15) is 17.6 Å². The predicted octanol–water partition coefficient (Wildman–Crippen LogP) is 1.56. The minimum Gasteiger partial charge on any atom is -0.373 e. The first kappa shape index (κ1) is 13.3. The lowest BCUT2D eigenvalue weighted by Crippen LogP contribution is -2.27. The number of carbonyl (C=O) groups excluding carboxylic acids is 1. The van der Waals surface area contributed by atoms with E-state index in [1.165, 1.54) is 6.07 Å². The van der Waals surface area contributed by atoms with Crippen LogP contribution in [0.2, 0.25) is 0 Å². The third-order valence-electron chi connectivity index (χ3n) is 3.34. The molecule has 1 aliphatic rings. The molecule has 2 atom stereocenters. The van der Waals surface area contributed by atoms with Crippen LogP contribution in [0.4, 0.5) is 11.5 Å². The smallest absolute Gasteiger partial charge is 0.300 e. The Labute approximate surface area is 110 Å². The van der Waals surface area contributed by atoms with Crippen molar-refractivity contribution in [2.75, 3.05) is 12.4 Å². The number of carbonyl (C=O) groups is 1. The van der Waals surface area contributed by atoms with Crippen molar-refractivity contribution in [3.8, 4) is 0 Å². The van der Waals surface area contributed by atoms with Crippen molar-refractivity contribution in [3.05, 3.63) is 27.9 Å². The van der Waals surface area contributed by atoms with Crippen LogP contribution in [0.15, 0.2) is 12.3 Å². The van der Waals surface area contributed by atoms with Gasteiger partial charge in [0.05, 0.1) is 4.92 Å². The van der Waals surface area contributed by atoms with E-state index in [1.54, 1.807) is 7.05 Å². The van der Waals surface area contributed by atoms with Gasteiger partial charge in [0.15, 0.2) is 0 Å². The van der Waals surface area contributed by atoms with E-state index >= 15 is 0 Å². The van der Waals surface area contributed by atoms with Gasteiger partial charge >= 0.3 is 0 Å². The second-order valence-electron chi connectivity index (χ2n) is 4.58. The van der Waals surface area contributed by atoms with Crippen LogP contribution in [-0.2, 0) is 0 Å². The topological polar surface area (TPSA) is 97.2 Å². The first-order valence-electron chi connectivity index (χ1n) is 6.19. The number of pyridine rings is 1. The molecule has 1 heterocycles. The van der Waals surface area contributed by atoms with Crippen LogP contribution < -0.4 is 10.6 Å². The summed E-state index contributed by atoms with van der Waals surface area (Å²) in [5, 5.41) is 16.5. The van der Waals surface area contributed by atoms with Crippen LogP contribution in [-0.4, -0.2) is 28.9 Å². The summed E-state index contributed by atoms with van der Waals surface area (Å²) in [6.45, 7) is 2.06. The van der Waals surface area contributed by atoms with E-state index in [-0.39, 0.29) is 17.3 Å². The first-order chi connectivity index (χ1) is 9.06. The van der Waals surface area contributed by atoms with Crippen molar-refractivity contribution < 1.29 is 9.72 Å². The van der Waals surface area contributed by atoms with Crippen molar-refractivity contribution >= 4 is 17.4 Å². The number of hydrogen-bond donors (Lipinski definition) is 2. The predicted molar refractivity (Wildman–Crippen MR) is 70.1 cm³/mol. The fraction of sp³-hybridized carbons (Fsp3) is 0.500. The number of anilines is 1. The zero-order chi connectivity index (χ0) is 14.0. The van der Waals surface area contributed by atoms with Gasteiger partial charge in [0.2, 0.25) is 0 Å². The minimum absolute atomic E-state index is 0.0473. The van der Waals surface area contributed by atoms with E-state index in [2.05, 4.69) is 22.5 Å². The molecule has 1 fully saturated rings. The molecular weight excluding hydrogens is 248 g/mol. The second-order valence-corrected chi connectivity index (χ2v) is 4.58. The Hall–Kier alpha value is -2.18. The fourth-order valence-electron chi connectivity index (χ4n) is 2.03. The standard InChI is InChI=1S/C12H16N4O3/c1-3-7-4-9(7)15-12(17)8-5-11(13-2)14-6-10(8)16(18)19/h5-7,9H,3-4H2,1-2H3,(H,13,14)(H,15,17). The highest BCUT2D eigenvalue weighted by Gasteiger charge is 2.37. The molecule has 0 saturated heterocycles. The molecule has 1 amide bonds. The van der Waals surface area contributed by atoms with Gasteiger partial charge in [0.25, 0.3) is 11.6 Å². The van der Waals surface area contributed by atoms with Gasteiger partial charge in [-0.25, -0.2) is 4.98 Å². The summed E-state index contributed by atoms with van der Waals surface area (Å²) in [7, 11) is 1.64. The van der Waals surface area contributed by atoms with Crippen LogP contribution in [0.25, 0.3) is 0 Å². The van der Waals surface area contributed by atoms with Crippen LogP contribution >= 0.6 is 0 Å². The van der Waals surface area contributed by atoms with E-state index in [4.69, 9.17) is 0 Å². The fourth-order valence-corrected chi connectivity index (χ4v) is 2.03. The number of rotatable bonds is 5. The van der Waals surface area contributed by atoms with Crippen LogP contribution in [0.3, 0.4) is 0 Å². The lowest BCUT2D eigenvalue weighted by Gasteiger charge is -2.06. The highest BCUT2D eigenvalue weighted by atomic mass is 16.6. The molecule has 102 valence electrons. The van der Waals surface area contributed by atoms with Crippen LogP contribution in [0, 0.1) is 16.0 Å². The van der Waals surface area contributed by atoms with Gasteiger partial charge in [0, 0.05) is 19.2 Å². The number of nitrogens with zero attached hydrogens (tertiary/aromatic N) is 2. The molecule has 7 nitrogen and oxygen atoms in total. The lowest BCUT2D eigenvalue weighted by atomic mass is 10.2. The zero-order valence-corrected chi connectivity index (χ0v) is 10.8. The molecule has 1 saturated carbocycles. The molecular formula is C12H16N4O3. The summed E-state index contributed by atoms with van der Waals surface area (Å²) in [5.74, 6) is 0.513. The van der Waals surface area contributed by atoms with Crippen molar-refractivity contribution in [1.82, 2.24) is 10.3 Å². The second kappa shape index (κ2) is 5.21. The number of amides is 1. The molecule has 0 radical (unpaired) electrons. The zero-order valence-electron chi connectivity index (χ0n) is 10.8. The molecule has 0 bridgehead atoms. The first-order valence-corrected chi connectivity index (χ1v) is 6.19.